The molecule has 290 valence electrons. The number of rotatable bonds is 7. The van der Waals surface area contributed by atoms with Gasteiger partial charge in [-0.05, 0) is 59.1 Å². The van der Waals surface area contributed by atoms with Gasteiger partial charge in [-0.1, -0.05) is 176 Å². The highest BCUT2D eigenvalue weighted by atomic mass is 32.1. The van der Waals surface area contributed by atoms with E-state index in [-0.39, 0.29) is 47.0 Å². The lowest BCUT2D eigenvalue weighted by molar-refractivity contribution is 1.07. The van der Waals surface area contributed by atoms with Gasteiger partial charge >= 0.3 is 0 Å². The van der Waals surface area contributed by atoms with E-state index in [0.717, 1.165) is 55.2 Å². The summed E-state index contributed by atoms with van der Waals surface area (Å²) in [5.74, 6) is 1.37. The van der Waals surface area contributed by atoms with Crippen LogP contribution in [0, 0.1) is 0 Å². The Morgan fingerprint density at radius 3 is 1.66 bits per heavy atom. The number of nitrogens with zero attached hydrogens (tertiary/aromatic N) is 4. The van der Waals surface area contributed by atoms with E-state index in [1.54, 1.807) is 0 Å². The number of para-hydroxylation sites is 1. The molecular formula is C57H36N4S. The fourth-order valence-electron chi connectivity index (χ4n) is 8.55. The molecule has 3 aromatic heterocycles. The summed E-state index contributed by atoms with van der Waals surface area (Å²) in [6, 6.07) is 59.4. The van der Waals surface area contributed by atoms with Crippen molar-refractivity contribution in [2.24, 2.45) is 0 Å². The van der Waals surface area contributed by atoms with Gasteiger partial charge < -0.3 is 4.57 Å². The molecule has 12 rings (SSSR count). The van der Waals surface area contributed by atoms with Crippen LogP contribution in [0.25, 0.3) is 115 Å². The van der Waals surface area contributed by atoms with Crippen LogP contribution in [0.5, 0.6) is 0 Å². The molecule has 0 aliphatic rings. The third kappa shape index (κ3) is 6.09. The minimum absolute atomic E-state index is 0.0516. The molecule has 0 aliphatic carbocycles. The van der Waals surface area contributed by atoms with Crippen LogP contribution in [0.4, 0.5) is 0 Å². The molecule has 0 atom stereocenters. The van der Waals surface area contributed by atoms with Gasteiger partial charge in [-0.3, -0.25) is 0 Å². The molecule has 0 spiro atoms. The van der Waals surface area contributed by atoms with E-state index in [1.165, 1.54) is 17.4 Å². The van der Waals surface area contributed by atoms with E-state index in [0.29, 0.717) is 49.3 Å². The molecule has 62 heavy (non-hydrogen) atoms. The van der Waals surface area contributed by atoms with E-state index in [2.05, 4.69) is 53.1 Å². The van der Waals surface area contributed by atoms with E-state index >= 15 is 0 Å². The summed E-state index contributed by atoms with van der Waals surface area (Å²) >= 11 is 1.22. The third-order valence-electron chi connectivity index (χ3n) is 11.4. The van der Waals surface area contributed by atoms with Crippen molar-refractivity contribution in [3.8, 4) is 73.2 Å². The van der Waals surface area contributed by atoms with Crippen molar-refractivity contribution >= 4 is 53.3 Å². The predicted octanol–water partition coefficient (Wildman–Crippen LogP) is 15.3. The van der Waals surface area contributed by atoms with E-state index in [4.69, 9.17) is 19.1 Å². The highest BCUT2D eigenvalue weighted by molar-refractivity contribution is 7.26. The van der Waals surface area contributed by atoms with Crippen molar-refractivity contribution in [2.45, 2.75) is 0 Å². The molecule has 3 heterocycles. The SMILES string of the molecule is [2H]c1cc([2H])c2sc3c(-c4cc(-c5nc(-c6ccccc6)nc(-c6ccccc6)n5)ccc4-n4c5ccccc5c5cc(-c6ccccc6)cc(-c6ccccc6)c54)c([2H])c([2H])c([2H])c3c2c1[2H]. The fraction of sp³-hybridized carbons (Fsp3) is 0. The van der Waals surface area contributed by atoms with Gasteiger partial charge in [-0.2, -0.15) is 0 Å². The minimum atomic E-state index is -0.317. The summed E-state index contributed by atoms with van der Waals surface area (Å²) in [6.07, 6.45) is 0. The van der Waals surface area contributed by atoms with Crippen molar-refractivity contribution in [3.05, 3.63) is 218 Å². The molecule has 0 unspecified atom stereocenters. The van der Waals surface area contributed by atoms with Gasteiger partial charge in [0.05, 0.1) is 24.9 Å². The number of thiophene rings is 1. The zero-order valence-corrected chi connectivity index (χ0v) is 33.8. The second-order valence-electron chi connectivity index (χ2n) is 15.1. The molecule has 0 saturated carbocycles. The molecule has 0 saturated heterocycles. The zero-order valence-electron chi connectivity index (χ0n) is 39.0. The van der Waals surface area contributed by atoms with Gasteiger partial charge in [0, 0.05) is 64.3 Å². The van der Waals surface area contributed by atoms with E-state index < -0.39 is 0 Å². The van der Waals surface area contributed by atoms with E-state index in [1.807, 2.05) is 127 Å². The standard InChI is InChI=1S/C57H36N4S/c1-5-18-37(19-6-1)42-35-47(38-20-7-2-8-21-38)53-49(36-42)43-26-13-15-30-50(43)61(53)51-33-32-41(34-48(51)46-29-17-28-45-44-27-14-16-31-52(44)62-54(45)46)57-59-55(39-22-9-3-10-23-39)58-56(60-57)40-24-11-4-12-25-40/h1-36H/i14D,17D,27D,28D,29D,31D. The predicted molar refractivity (Wildman–Crippen MR) is 260 cm³/mol. The Kier molecular flexibility index (Phi) is 7.25. The Bertz CT molecular complexity index is 3910. The van der Waals surface area contributed by atoms with Gasteiger partial charge in [0.15, 0.2) is 17.5 Å². The molecule has 0 fully saturated rings. The number of hydrogen-bond acceptors (Lipinski definition) is 4. The van der Waals surface area contributed by atoms with Crippen LogP contribution in [0.2, 0.25) is 0 Å². The van der Waals surface area contributed by atoms with Gasteiger partial charge in [0.25, 0.3) is 0 Å². The van der Waals surface area contributed by atoms with Crippen LogP contribution in [0.3, 0.4) is 0 Å². The summed E-state index contributed by atoms with van der Waals surface area (Å²) in [4.78, 5) is 15.1. The highest BCUT2D eigenvalue weighted by Gasteiger charge is 2.23. The minimum Gasteiger partial charge on any atom is -0.308 e. The van der Waals surface area contributed by atoms with Crippen molar-refractivity contribution in [3.63, 3.8) is 0 Å². The van der Waals surface area contributed by atoms with Crippen molar-refractivity contribution < 1.29 is 8.22 Å². The second-order valence-corrected chi connectivity index (χ2v) is 16.1. The highest BCUT2D eigenvalue weighted by Crippen LogP contribution is 2.46. The zero-order chi connectivity index (χ0) is 46.2. The first-order valence-electron chi connectivity index (χ1n) is 23.4. The van der Waals surface area contributed by atoms with Crippen molar-refractivity contribution in [1.29, 1.82) is 0 Å². The molecule has 0 N–H and O–H groups in total. The number of aromatic nitrogens is 4. The molecule has 4 nitrogen and oxygen atoms in total. The first kappa shape index (κ1) is 30.1. The first-order valence-corrected chi connectivity index (χ1v) is 21.2. The summed E-state index contributed by atoms with van der Waals surface area (Å²) < 4.78 is 58.2. The average molecular weight is 815 g/mol. The number of hydrogen-bond donors (Lipinski definition) is 0. The first-order chi connectivity index (χ1) is 33.2. The van der Waals surface area contributed by atoms with E-state index in [9.17, 15) is 4.11 Å². The fourth-order valence-corrected chi connectivity index (χ4v) is 9.65. The average Bonchev–Trinajstić information content (AvgIpc) is 3.95. The lowest BCUT2D eigenvalue weighted by Crippen LogP contribution is -2.02. The maximum atomic E-state index is 9.81. The molecule has 5 heteroatoms. The van der Waals surface area contributed by atoms with Crippen LogP contribution >= 0.6 is 11.3 Å². The van der Waals surface area contributed by atoms with Crippen LogP contribution < -0.4 is 0 Å². The van der Waals surface area contributed by atoms with Crippen LogP contribution in [-0.4, -0.2) is 19.5 Å². The molecule has 12 aromatic rings. The van der Waals surface area contributed by atoms with Crippen molar-refractivity contribution in [1.82, 2.24) is 19.5 Å². The summed E-state index contributed by atoms with van der Waals surface area (Å²) in [5, 5.41) is 2.60. The maximum absolute atomic E-state index is 9.81. The van der Waals surface area contributed by atoms with Gasteiger partial charge in [-0.25, -0.2) is 15.0 Å². The summed E-state index contributed by atoms with van der Waals surface area (Å²) in [7, 11) is 0. The van der Waals surface area contributed by atoms with Gasteiger partial charge in [0.1, 0.15) is 0 Å². The lowest BCUT2D eigenvalue weighted by atomic mass is 9.95. The van der Waals surface area contributed by atoms with Crippen LogP contribution in [0.1, 0.15) is 8.22 Å². The Labute approximate surface area is 371 Å². The smallest absolute Gasteiger partial charge is 0.164 e. The number of benzene rings is 9. The largest absolute Gasteiger partial charge is 0.308 e. The summed E-state index contributed by atoms with van der Waals surface area (Å²) in [6.45, 7) is 0. The quantitative estimate of drug-likeness (QED) is 0.161. The van der Waals surface area contributed by atoms with Crippen LogP contribution in [0.15, 0.2) is 218 Å². The topological polar surface area (TPSA) is 43.6 Å². The molecule has 0 amide bonds. The number of fused-ring (bicyclic) bond motifs is 6. The monoisotopic (exact) mass is 814 g/mol. The Morgan fingerprint density at radius 2 is 0.968 bits per heavy atom. The van der Waals surface area contributed by atoms with Gasteiger partial charge in [-0.15, -0.1) is 11.3 Å². The normalized spacial score (nSPS) is 12.9. The van der Waals surface area contributed by atoms with Crippen molar-refractivity contribution in [2.75, 3.05) is 0 Å². The Balaban J connectivity index is 1.23. The summed E-state index contributed by atoms with van der Waals surface area (Å²) in [5.41, 5.74) is 9.90. The Hall–Kier alpha value is -7.99. The molecule has 0 radical (unpaired) electrons. The third-order valence-corrected chi connectivity index (χ3v) is 12.5. The Morgan fingerprint density at radius 1 is 0.387 bits per heavy atom. The molecule has 0 bridgehead atoms. The lowest BCUT2D eigenvalue weighted by Gasteiger charge is -2.18. The maximum Gasteiger partial charge on any atom is 0.164 e. The van der Waals surface area contributed by atoms with Gasteiger partial charge in [0.2, 0.25) is 0 Å². The molecule has 9 aromatic carbocycles. The molecular weight excluding hydrogens is 773 g/mol. The molecule has 0 aliphatic heterocycles. The second kappa shape index (κ2) is 14.9. The van der Waals surface area contributed by atoms with Crippen LogP contribution in [-0.2, 0) is 0 Å².